The van der Waals surface area contributed by atoms with Crippen LogP contribution in [0.4, 0.5) is 0 Å². The molecule has 4 heteroatoms. The van der Waals surface area contributed by atoms with Crippen molar-refractivity contribution in [2.24, 2.45) is 5.92 Å². The van der Waals surface area contributed by atoms with Gasteiger partial charge < -0.3 is 9.80 Å². The molecule has 88 valence electrons. The summed E-state index contributed by atoms with van der Waals surface area (Å²) in [6, 6.07) is 0. The number of hydrogen-bond acceptors (Lipinski definition) is 2. The van der Waals surface area contributed by atoms with Crippen molar-refractivity contribution in [2.75, 3.05) is 33.2 Å². The second kappa shape index (κ2) is 5.71. The first kappa shape index (κ1) is 12.8. The molecule has 1 heterocycles. The van der Waals surface area contributed by atoms with E-state index >= 15 is 0 Å². The Bertz CT molecular complexity index is 209. The van der Waals surface area contributed by atoms with Crippen LogP contribution in [-0.4, -0.2) is 48.9 Å². The summed E-state index contributed by atoms with van der Waals surface area (Å²) in [5.74, 6) is 0.786. The number of nitrogens with zero attached hydrogens (tertiary/aromatic N) is 2. The SMILES string of the molecule is CN1CCN(C(=O)C2CCCC2)CC1.Cl. The molecule has 2 fully saturated rings. The molecule has 0 atom stereocenters. The zero-order valence-corrected chi connectivity index (χ0v) is 10.3. The Morgan fingerprint density at radius 3 is 2.13 bits per heavy atom. The Labute approximate surface area is 98.2 Å². The van der Waals surface area contributed by atoms with Crippen LogP contribution in [0.25, 0.3) is 0 Å². The first-order valence-corrected chi connectivity index (χ1v) is 5.75. The van der Waals surface area contributed by atoms with Gasteiger partial charge in [0, 0.05) is 32.1 Å². The summed E-state index contributed by atoms with van der Waals surface area (Å²) in [4.78, 5) is 16.4. The summed E-state index contributed by atoms with van der Waals surface area (Å²) in [6.45, 7) is 3.95. The Balaban J connectivity index is 0.00000112. The quantitative estimate of drug-likeness (QED) is 0.682. The average Bonchev–Trinajstić information content (AvgIpc) is 2.71. The summed E-state index contributed by atoms with van der Waals surface area (Å²) in [6.07, 6.45) is 4.77. The Morgan fingerprint density at radius 1 is 1.07 bits per heavy atom. The molecule has 1 saturated heterocycles. The standard InChI is InChI=1S/C11H20N2O.ClH/c1-12-6-8-13(9-7-12)11(14)10-4-2-3-5-10;/h10H,2-9H2,1H3;1H. The summed E-state index contributed by atoms with van der Waals surface area (Å²) < 4.78 is 0. The van der Waals surface area contributed by atoms with Gasteiger partial charge in [0.25, 0.3) is 0 Å². The summed E-state index contributed by atoms with van der Waals surface area (Å²) in [7, 11) is 2.12. The highest BCUT2D eigenvalue weighted by atomic mass is 35.5. The molecule has 0 unspecified atom stereocenters. The largest absolute Gasteiger partial charge is 0.340 e. The third-order valence-corrected chi connectivity index (χ3v) is 3.52. The van der Waals surface area contributed by atoms with Crippen molar-refractivity contribution in [1.82, 2.24) is 9.80 Å². The maximum atomic E-state index is 12.0. The molecule has 0 radical (unpaired) electrons. The lowest BCUT2D eigenvalue weighted by Gasteiger charge is -2.33. The first-order chi connectivity index (χ1) is 6.77. The molecule has 0 spiro atoms. The molecule has 0 bridgehead atoms. The van der Waals surface area contributed by atoms with E-state index in [4.69, 9.17) is 0 Å². The maximum Gasteiger partial charge on any atom is 0.225 e. The number of amides is 1. The highest BCUT2D eigenvalue weighted by molar-refractivity contribution is 5.85. The van der Waals surface area contributed by atoms with Crippen molar-refractivity contribution in [3.05, 3.63) is 0 Å². The highest BCUT2D eigenvalue weighted by Crippen LogP contribution is 2.26. The van der Waals surface area contributed by atoms with Gasteiger partial charge in [-0.25, -0.2) is 0 Å². The highest BCUT2D eigenvalue weighted by Gasteiger charge is 2.28. The predicted octanol–water partition coefficient (Wildman–Crippen LogP) is 1.37. The number of likely N-dealkylation sites (N-methyl/N-ethyl adjacent to an activating group) is 1. The van der Waals surface area contributed by atoms with Gasteiger partial charge in [-0.05, 0) is 19.9 Å². The maximum absolute atomic E-state index is 12.0. The molecule has 0 N–H and O–H groups in total. The molecule has 3 nitrogen and oxygen atoms in total. The van der Waals surface area contributed by atoms with Crippen LogP contribution in [0.3, 0.4) is 0 Å². The minimum Gasteiger partial charge on any atom is -0.340 e. The van der Waals surface area contributed by atoms with Crippen molar-refractivity contribution in [1.29, 1.82) is 0 Å². The molecular formula is C11H21ClN2O. The lowest BCUT2D eigenvalue weighted by atomic mass is 10.1. The van der Waals surface area contributed by atoms with Crippen molar-refractivity contribution < 1.29 is 4.79 Å². The van der Waals surface area contributed by atoms with Crippen LogP contribution in [0.2, 0.25) is 0 Å². The Hall–Kier alpha value is -0.280. The lowest BCUT2D eigenvalue weighted by molar-refractivity contribution is -0.136. The van der Waals surface area contributed by atoms with E-state index in [-0.39, 0.29) is 12.4 Å². The first-order valence-electron chi connectivity index (χ1n) is 5.75. The number of rotatable bonds is 1. The van der Waals surface area contributed by atoms with Crippen molar-refractivity contribution in [3.63, 3.8) is 0 Å². The van der Waals surface area contributed by atoms with E-state index in [0.717, 1.165) is 39.0 Å². The van der Waals surface area contributed by atoms with Gasteiger partial charge in [0.15, 0.2) is 0 Å². The van der Waals surface area contributed by atoms with E-state index in [2.05, 4.69) is 16.8 Å². The van der Waals surface area contributed by atoms with E-state index in [1.807, 2.05) is 0 Å². The molecule has 2 rings (SSSR count). The molecule has 0 aromatic rings. The summed E-state index contributed by atoms with van der Waals surface area (Å²) in [5, 5.41) is 0. The van der Waals surface area contributed by atoms with Crippen LogP contribution in [-0.2, 0) is 4.79 Å². The fourth-order valence-electron chi connectivity index (χ4n) is 2.46. The molecule has 1 aliphatic carbocycles. The molecule has 1 amide bonds. The number of carbonyl (C=O) groups is 1. The van der Waals surface area contributed by atoms with Crippen molar-refractivity contribution in [2.45, 2.75) is 25.7 Å². The molecule has 1 saturated carbocycles. The minimum atomic E-state index is 0. The normalized spacial score (nSPS) is 23.9. The van der Waals surface area contributed by atoms with Gasteiger partial charge in [-0.3, -0.25) is 4.79 Å². The number of carbonyl (C=O) groups excluding carboxylic acids is 1. The fourth-order valence-corrected chi connectivity index (χ4v) is 2.46. The van der Waals surface area contributed by atoms with Gasteiger partial charge in [-0.15, -0.1) is 12.4 Å². The van der Waals surface area contributed by atoms with Crippen LogP contribution in [0, 0.1) is 5.92 Å². The zero-order valence-electron chi connectivity index (χ0n) is 9.45. The molecule has 0 aromatic carbocycles. The van der Waals surface area contributed by atoms with Gasteiger partial charge in [-0.2, -0.15) is 0 Å². The number of hydrogen-bond donors (Lipinski definition) is 0. The van der Waals surface area contributed by atoms with Crippen LogP contribution in [0.5, 0.6) is 0 Å². The molecular weight excluding hydrogens is 212 g/mol. The van der Waals surface area contributed by atoms with Crippen molar-refractivity contribution in [3.8, 4) is 0 Å². The molecule has 0 aromatic heterocycles. The zero-order chi connectivity index (χ0) is 9.97. The Kier molecular flexibility index (Phi) is 4.87. The van der Waals surface area contributed by atoms with E-state index in [0.29, 0.717) is 11.8 Å². The second-order valence-corrected chi connectivity index (χ2v) is 4.61. The van der Waals surface area contributed by atoms with E-state index in [9.17, 15) is 4.79 Å². The molecule has 2 aliphatic rings. The van der Waals surface area contributed by atoms with E-state index < -0.39 is 0 Å². The van der Waals surface area contributed by atoms with Crippen LogP contribution >= 0.6 is 12.4 Å². The fraction of sp³-hybridized carbons (Fsp3) is 0.909. The molecule has 15 heavy (non-hydrogen) atoms. The summed E-state index contributed by atoms with van der Waals surface area (Å²) in [5.41, 5.74) is 0. The van der Waals surface area contributed by atoms with Crippen molar-refractivity contribution >= 4 is 18.3 Å². The van der Waals surface area contributed by atoms with Gasteiger partial charge >= 0.3 is 0 Å². The average molecular weight is 233 g/mol. The predicted molar refractivity (Wildman–Crippen MR) is 63.3 cm³/mol. The van der Waals surface area contributed by atoms with Crippen LogP contribution < -0.4 is 0 Å². The number of piperazine rings is 1. The van der Waals surface area contributed by atoms with E-state index in [1.54, 1.807) is 0 Å². The van der Waals surface area contributed by atoms with Gasteiger partial charge in [-0.1, -0.05) is 12.8 Å². The third kappa shape index (κ3) is 3.08. The van der Waals surface area contributed by atoms with Gasteiger partial charge in [0.1, 0.15) is 0 Å². The Morgan fingerprint density at radius 2 is 1.60 bits per heavy atom. The van der Waals surface area contributed by atoms with Crippen LogP contribution in [0.15, 0.2) is 0 Å². The van der Waals surface area contributed by atoms with Gasteiger partial charge in [0.2, 0.25) is 5.91 Å². The molecule has 1 aliphatic heterocycles. The monoisotopic (exact) mass is 232 g/mol. The minimum absolute atomic E-state index is 0. The third-order valence-electron chi connectivity index (χ3n) is 3.52. The topological polar surface area (TPSA) is 23.6 Å². The second-order valence-electron chi connectivity index (χ2n) is 4.61. The summed E-state index contributed by atoms with van der Waals surface area (Å²) >= 11 is 0. The number of halogens is 1. The van der Waals surface area contributed by atoms with Gasteiger partial charge in [0.05, 0.1) is 0 Å². The van der Waals surface area contributed by atoms with Crippen LogP contribution in [0.1, 0.15) is 25.7 Å². The van der Waals surface area contributed by atoms with E-state index in [1.165, 1.54) is 12.8 Å². The smallest absolute Gasteiger partial charge is 0.225 e. The lowest BCUT2D eigenvalue weighted by Crippen LogP contribution is -2.48.